The smallest absolute Gasteiger partial charge is 0.129 e. The van der Waals surface area contributed by atoms with Crippen molar-refractivity contribution in [3.8, 4) is 17.6 Å². The van der Waals surface area contributed by atoms with E-state index in [0.29, 0.717) is 22.9 Å². The summed E-state index contributed by atoms with van der Waals surface area (Å²) in [7, 11) is 0. The van der Waals surface area contributed by atoms with Gasteiger partial charge in [-0.15, -0.1) is 0 Å². The van der Waals surface area contributed by atoms with Gasteiger partial charge in [0.1, 0.15) is 18.2 Å². The average Bonchev–Trinajstić information content (AvgIpc) is 2.46. The van der Waals surface area contributed by atoms with Crippen LogP contribution in [0.5, 0.6) is 5.75 Å². The number of hydrogen-bond donors (Lipinski definition) is 1. The molecule has 0 saturated heterocycles. The second kappa shape index (κ2) is 6.95. The van der Waals surface area contributed by atoms with Crippen molar-refractivity contribution in [2.24, 2.45) is 5.73 Å². The summed E-state index contributed by atoms with van der Waals surface area (Å²) in [5.41, 5.74) is 6.54. The van der Waals surface area contributed by atoms with Crippen molar-refractivity contribution in [1.82, 2.24) is 0 Å². The van der Waals surface area contributed by atoms with Crippen molar-refractivity contribution in [2.45, 2.75) is 6.61 Å². The van der Waals surface area contributed by atoms with Gasteiger partial charge in [-0.05, 0) is 36.4 Å². The highest BCUT2D eigenvalue weighted by atomic mass is 35.5. The van der Waals surface area contributed by atoms with Gasteiger partial charge in [-0.3, -0.25) is 0 Å². The van der Waals surface area contributed by atoms with Crippen molar-refractivity contribution >= 4 is 11.6 Å². The first-order chi connectivity index (χ1) is 9.69. The largest absolute Gasteiger partial charge is 0.489 e. The van der Waals surface area contributed by atoms with Crippen LogP contribution in [0.25, 0.3) is 0 Å². The summed E-state index contributed by atoms with van der Waals surface area (Å²) in [5, 5.41) is 0.479. The van der Waals surface area contributed by atoms with E-state index in [0.717, 1.165) is 5.56 Å². The molecular formula is C16H13ClFNO. The molecule has 0 radical (unpaired) electrons. The lowest BCUT2D eigenvalue weighted by atomic mass is 10.2. The monoisotopic (exact) mass is 289 g/mol. The molecule has 2 aromatic rings. The van der Waals surface area contributed by atoms with Crippen molar-refractivity contribution in [3.05, 3.63) is 64.4 Å². The first-order valence-electron chi connectivity index (χ1n) is 6.05. The Balaban J connectivity index is 2.09. The van der Waals surface area contributed by atoms with Crippen LogP contribution in [0.4, 0.5) is 4.39 Å². The zero-order valence-corrected chi connectivity index (χ0v) is 11.5. The zero-order valence-electron chi connectivity index (χ0n) is 10.7. The Hall–Kier alpha value is -2.02. The van der Waals surface area contributed by atoms with E-state index in [1.165, 1.54) is 12.1 Å². The molecule has 0 fully saturated rings. The number of rotatable bonds is 3. The number of nitrogens with two attached hydrogens (primary N) is 1. The standard InChI is InChI=1S/C16H13ClFNO/c17-14-6-7-16(18)13(10-14)11-20-15-5-1-3-12(9-15)4-2-8-19/h1,3,5-7,9-10H,8,11,19H2. The summed E-state index contributed by atoms with van der Waals surface area (Å²) in [6.45, 7) is 0.416. The van der Waals surface area contributed by atoms with Gasteiger partial charge in [0, 0.05) is 16.1 Å². The third-order valence-corrected chi connectivity index (χ3v) is 2.81. The maximum Gasteiger partial charge on any atom is 0.129 e. The van der Waals surface area contributed by atoms with E-state index < -0.39 is 0 Å². The molecule has 0 saturated carbocycles. The van der Waals surface area contributed by atoms with Crippen LogP contribution in [0.15, 0.2) is 42.5 Å². The molecule has 2 nitrogen and oxygen atoms in total. The fourth-order valence-electron chi connectivity index (χ4n) is 1.63. The highest BCUT2D eigenvalue weighted by Crippen LogP contribution is 2.18. The molecular weight excluding hydrogens is 277 g/mol. The Labute approximate surface area is 122 Å². The van der Waals surface area contributed by atoms with E-state index in [-0.39, 0.29) is 12.4 Å². The maximum atomic E-state index is 13.5. The van der Waals surface area contributed by atoms with Crippen LogP contribution in [0.2, 0.25) is 5.02 Å². The molecule has 0 aliphatic carbocycles. The van der Waals surface area contributed by atoms with Crippen LogP contribution in [-0.2, 0) is 6.61 Å². The third kappa shape index (κ3) is 3.99. The van der Waals surface area contributed by atoms with Crippen LogP contribution >= 0.6 is 11.6 Å². The van der Waals surface area contributed by atoms with E-state index in [4.69, 9.17) is 22.1 Å². The first kappa shape index (κ1) is 14.4. The predicted octanol–water partition coefficient (Wildman–Crippen LogP) is 3.37. The van der Waals surface area contributed by atoms with Gasteiger partial charge in [-0.1, -0.05) is 29.5 Å². The number of hydrogen-bond acceptors (Lipinski definition) is 2. The maximum absolute atomic E-state index is 13.5. The van der Waals surface area contributed by atoms with Gasteiger partial charge in [0.25, 0.3) is 0 Å². The van der Waals surface area contributed by atoms with E-state index >= 15 is 0 Å². The van der Waals surface area contributed by atoms with Crippen LogP contribution in [0.3, 0.4) is 0 Å². The van der Waals surface area contributed by atoms with Crippen LogP contribution in [-0.4, -0.2) is 6.54 Å². The molecule has 2 aromatic carbocycles. The molecule has 0 aliphatic rings. The summed E-state index contributed by atoms with van der Waals surface area (Å²) < 4.78 is 19.1. The Bertz CT molecular complexity index is 661. The van der Waals surface area contributed by atoms with E-state index in [1.54, 1.807) is 18.2 Å². The van der Waals surface area contributed by atoms with E-state index in [1.807, 2.05) is 12.1 Å². The van der Waals surface area contributed by atoms with Crippen molar-refractivity contribution in [2.75, 3.05) is 6.54 Å². The van der Waals surface area contributed by atoms with Gasteiger partial charge in [0.2, 0.25) is 0 Å². The quantitative estimate of drug-likeness (QED) is 0.879. The average molecular weight is 290 g/mol. The minimum atomic E-state index is -0.339. The Morgan fingerprint density at radius 3 is 2.85 bits per heavy atom. The first-order valence-corrected chi connectivity index (χ1v) is 6.42. The third-order valence-electron chi connectivity index (χ3n) is 2.57. The lowest BCUT2D eigenvalue weighted by Crippen LogP contribution is -1.98. The molecule has 0 spiro atoms. The molecule has 0 heterocycles. The lowest BCUT2D eigenvalue weighted by molar-refractivity contribution is 0.300. The van der Waals surface area contributed by atoms with E-state index in [2.05, 4.69) is 11.8 Å². The summed E-state index contributed by atoms with van der Waals surface area (Å²) in [4.78, 5) is 0. The molecule has 0 bridgehead atoms. The normalized spacial score (nSPS) is 9.75. The van der Waals surface area contributed by atoms with Crippen LogP contribution < -0.4 is 10.5 Å². The van der Waals surface area contributed by atoms with Gasteiger partial charge >= 0.3 is 0 Å². The van der Waals surface area contributed by atoms with E-state index in [9.17, 15) is 4.39 Å². The second-order valence-electron chi connectivity index (χ2n) is 4.06. The molecule has 2 rings (SSSR count). The summed E-state index contributed by atoms with van der Waals surface area (Å²) in [6, 6.07) is 11.6. The highest BCUT2D eigenvalue weighted by molar-refractivity contribution is 6.30. The Morgan fingerprint density at radius 1 is 1.20 bits per heavy atom. The molecule has 102 valence electrons. The van der Waals surface area contributed by atoms with Crippen LogP contribution in [0, 0.1) is 17.7 Å². The number of ether oxygens (including phenoxy) is 1. The van der Waals surface area contributed by atoms with Gasteiger partial charge in [-0.25, -0.2) is 4.39 Å². The zero-order chi connectivity index (χ0) is 14.4. The molecule has 20 heavy (non-hydrogen) atoms. The molecule has 0 unspecified atom stereocenters. The molecule has 0 amide bonds. The van der Waals surface area contributed by atoms with Gasteiger partial charge in [0.15, 0.2) is 0 Å². The van der Waals surface area contributed by atoms with Gasteiger partial charge < -0.3 is 10.5 Å². The van der Waals surface area contributed by atoms with Crippen LogP contribution in [0.1, 0.15) is 11.1 Å². The van der Waals surface area contributed by atoms with Crippen molar-refractivity contribution in [1.29, 1.82) is 0 Å². The molecule has 4 heteroatoms. The fraction of sp³-hybridized carbons (Fsp3) is 0.125. The Kier molecular flexibility index (Phi) is 5.00. The molecule has 0 atom stereocenters. The predicted molar refractivity (Wildman–Crippen MR) is 78.1 cm³/mol. The fourth-order valence-corrected chi connectivity index (χ4v) is 1.83. The summed E-state index contributed by atoms with van der Waals surface area (Å²) in [6.07, 6.45) is 0. The van der Waals surface area contributed by atoms with Gasteiger partial charge in [0.05, 0.1) is 6.54 Å². The lowest BCUT2D eigenvalue weighted by Gasteiger charge is -2.08. The second-order valence-corrected chi connectivity index (χ2v) is 4.49. The number of halogens is 2. The molecule has 0 aliphatic heterocycles. The summed E-state index contributed by atoms with van der Waals surface area (Å²) in [5.74, 6) is 5.96. The highest BCUT2D eigenvalue weighted by Gasteiger charge is 2.04. The topological polar surface area (TPSA) is 35.2 Å². The SMILES string of the molecule is NCC#Cc1cccc(OCc2cc(Cl)ccc2F)c1. The molecule has 0 aromatic heterocycles. The van der Waals surface area contributed by atoms with Gasteiger partial charge in [-0.2, -0.15) is 0 Å². The minimum absolute atomic E-state index is 0.111. The molecule has 2 N–H and O–H groups in total. The Morgan fingerprint density at radius 2 is 2.05 bits per heavy atom. The summed E-state index contributed by atoms with van der Waals surface area (Å²) >= 11 is 5.83. The number of benzene rings is 2. The van der Waals surface area contributed by atoms with Crippen molar-refractivity contribution in [3.63, 3.8) is 0 Å². The van der Waals surface area contributed by atoms with Crippen molar-refractivity contribution < 1.29 is 9.13 Å². The minimum Gasteiger partial charge on any atom is -0.489 e.